The normalized spacial score (nSPS) is 13.8. The molecule has 0 aromatic carbocycles. The number of hydrogen-bond acceptors (Lipinski definition) is 7. The Kier molecular flexibility index (Phi) is 33.6. The van der Waals surface area contributed by atoms with Crippen molar-refractivity contribution in [3.05, 3.63) is 72.9 Å². The minimum atomic E-state index is -1.14. The fraction of sp³-hybridized carbons (Fsp3) is 0.667. The summed E-state index contributed by atoms with van der Waals surface area (Å²) in [6.07, 6.45) is 43.6. The Labute approximate surface area is 323 Å². The van der Waals surface area contributed by atoms with Crippen molar-refractivity contribution in [3.8, 4) is 0 Å². The van der Waals surface area contributed by atoms with E-state index in [-0.39, 0.29) is 49.1 Å². The zero-order valence-corrected chi connectivity index (χ0v) is 34.2. The molecule has 0 rings (SSSR count). The number of esters is 2. The number of hydrogen-bond donors (Lipinski definition) is 0. The molecule has 0 aromatic rings. The van der Waals surface area contributed by atoms with Gasteiger partial charge in [-0.2, -0.15) is 0 Å². The number of nitrogens with zero attached hydrogens (tertiary/aromatic N) is 1. The zero-order chi connectivity index (χ0) is 39.3. The second-order valence-corrected chi connectivity index (χ2v) is 14.5. The minimum absolute atomic E-state index is 0.0158. The number of carbonyl (C=O) groups is 3. The van der Waals surface area contributed by atoms with Crippen LogP contribution < -0.4 is 5.11 Å². The van der Waals surface area contributed by atoms with E-state index in [1.807, 2.05) is 0 Å². The van der Waals surface area contributed by atoms with Gasteiger partial charge in [-0.25, -0.2) is 0 Å². The lowest BCUT2D eigenvalue weighted by atomic mass is 10.1. The molecule has 53 heavy (non-hydrogen) atoms. The maximum Gasteiger partial charge on any atom is 0.306 e. The van der Waals surface area contributed by atoms with Crippen molar-refractivity contribution in [2.75, 3.05) is 41.0 Å². The molecular weight excluding hydrogens is 666 g/mol. The first-order chi connectivity index (χ1) is 25.6. The summed E-state index contributed by atoms with van der Waals surface area (Å²) in [5, 5.41) is 11.6. The van der Waals surface area contributed by atoms with Crippen LogP contribution in [-0.4, -0.2) is 75.5 Å². The van der Waals surface area contributed by atoms with Gasteiger partial charge in [0.25, 0.3) is 0 Å². The smallest absolute Gasteiger partial charge is 0.306 e. The molecule has 0 aromatic heterocycles. The van der Waals surface area contributed by atoms with E-state index in [1.54, 1.807) is 21.1 Å². The van der Waals surface area contributed by atoms with Gasteiger partial charge in [0.05, 0.1) is 40.3 Å². The van der Waals surface area contributed by atoms with E-state index >= 15 is 0 Å². The standard InChI is InChI=1S/C45H75NO7/c1-6-8-10-12-14-16-18-20-21-22-23-24-26-27-29-31-33-35-43(47)52-40-41(39-51-38-37-42(45(49)50)46(3,4)5)53-44(48)36-34-32-30-28-25-19-17-15-13-11-9-7-2/h8,10,14-17,20-21,23-24,27,29,41-42H,6-7,9,11-13,18-19,22,25-26,28,30-40H2,1-5H3/b10-8+,16-14+,17-15+,21-20+,24-23+,29-27+. The van der Waals surface area contributed by atoms with Crippen LogP contribution in [0.5, 0.6) is 0 Å². The van der Waals surface area contributed by atoms with Crippen LogP contribution in [0.3, 0.4) is 0 Å². The highest BCUT2D eigenvalue weighted by Crippen LogP contribution is 2.12. The Morgan fingerprint density at radius 3 is 1.64 bits per heavy atom. The number of rotatable bonds is 35. The third-order valence-electron chi connectivity index (χ3n) is 8.58. The van der Waals surface area contributed by atoms with Crippen molar-refractivity contribution in [3.63, 3.8) is 0 Å². The number of carboxylic acids is 1. The maximum absolute atomic E-state index is 12.7. The molecule has 0 saturated heterocycles. The highest BCUT2D eigenvalue weighted by Gasteiger charge is 2.25. The van der Waals surface area contributed by atoms with Crippen LogP contribution >= 0.6 is 0 Å². The minimum Gasteiger partial charge on any atom is -0.544 e. The highest BCUT2D eigenvalue weighted by molar-refractivity contribution is 5.70. The van der Waals surface area contributed by atoms with Gasteiger partial charge in [0.2, 0.25) is 0 Å². The molecule has 302 valence electrons. The lowest BCUT2D eigenvalue weighted by Gasteiger charge is -2.34. The molecule has 0 heterocycles. The van der Waals surface area contributed by atoms with Crippen molar-refractivity contribution < 1.29 is 38.2 Å². The molecular formula is C45H75NO7. The van der Waals surface area contributed by atoms with Crippen molar-refractivity contribution in [1.29, 1.82) is 0 Å². The molecule has 0 aliphatic heterocycles. The number of aliphatic carboxylic acids is 1. The SMILES string of the molecule is CC/C=C/C/C=C/C/C=C/C/C=C/C/C=C/CCCC(=O)OCC(COCCC(C(=O)[O-])[N+](C)(C)C)OC(=O)CCCCCCC/C=C/CCCCC. The monoisotopic (exact) mass is 742 g/mol. The van der Waals surface area contributed by atoms with E-state index < -0.39 is 18.1 Å². The summed E-state index contributed by atoms with van der Waals surface area (Å²) >= 11 is 0. The molecule has 0 saturated carbocycles. The molecule has 8 nitrogen and oxygen atoms in total. The van der Waals surface area contributed by atoms with Gasteiger partial charge in [-0.3, -0.25) is 9.59 Å². The number of likely N-dealkylation sites (N-methyl/N-ethyl adjacent to an activating group) is 1. The first kappa shape index (κ1) is 49.8. The number of unbranched alkanes of at least 4 members (excludes halogenated alkanes) is 9. The van der Waals surface area contributed by atoms with Crippen LogP contribution in [-0.2, 0) is 28.6 Å². The Morgan fingerprint density at radius 2 is 1.08 bits per heavy atom. The number of carbonyl (C=O) groups excluding carboxylic acids is 3. The largest absolute Gasteiger partial charge is 0.544 e. The summed E-state index contributed by atoms with van der Waals surface area (Å²) in [6.45, 7) is 4.43. The third kappa shape index (κ3) is 34.3. The van der Waals surface area contributed by atoms with Crippen molar-refractivity contribution >= 4 is 17.9 Å². The van der Waals surface area contributed by atoms with Crippen molar-refractivity contribution in [1.82, 2.24) is 0 Å². The summed E-state index contributed by atoms with van der Waals surface area (Å²) in [4.78, 5) is 36.7. The molecule has 0 amide bonds. The summed E-state index contributed by atoms with van der Waals surface area (Å²) in [5.41, 5.74) is 0. The van der Waals surface area contributed by atoms with Crippen LogP contribution in [0.4, 0.5) is 0 Å². The van der Waals surface area contributed by atoms with Crippen LogP contribution in [0.1, 0.15) is 142 Å². The van der Waals surface area contributed by atoms with Gasteiger partial charge in [-0.1, -0.05) is 119 Å². The lowest BCUT2D eigenvalue weighted by molar-refractivity contribution is -0.889. The molecule has 0 N–H and O–H groups in total. The number of ether oxygens (including phenoxy) is 3. The fourth-order valence-corrected chi connectivity index (χ4v) is 5.39. The Balaban J connectivity index is 4.50. The van der Waals surface area contributed by atoms with Gasteiger partial charge < -0.3 is 28.6 Å². The van der Waals surface area contributed by atoms with Gasteiger partial charge >= 0.3 is 11.9 Å². The Bertz CT molecular complexity index is 1100. The third-order valence-corrected chi connectivity index (χ3v) is 8.58. The van der Waals surface area contributed by atoms with E-state index in [4.69, 9.17) is 14.2 Å². The number of quaternary nitrogens is 1. The van der Waals surface area contributed by atoms with E-state index in [0.717, 1.165) is 77.0 Å². The summed E-state index contributed by atoms with van der Waals surface area (Å²) in [7, 11) is 5.37. The number of allylic oxidation sites excluding steroid dienone is 12. The lowest BCUT2D eigenvalue weighted by Crippen LogP contribution is -2.55. The Hall–Kier alpha value is -3.23. The molecule has 0 aliphatic carbocycles. The van der Waals surface area contributed by atoms with Crippen LogP contribution in [0.2, 0.25) is 0 Å². The van der Waals surface area contributed by atoms with Crippen LogP contribution in [0.15, 0.2) is 72.9 Å². The molecule has 8 heteroatoms. The van der Waals surface area contributed by atoms with Gasteiger partial charge in [0, 0.05) is 19.3 Å². The first-order valence-corrected chi connectivity index (χ1v) is 20.5. The van der Waals surface area contributed by atoms with Crippen molar-refractivity contribution in [2.45, 2.75) is 154 Å². The highest BCUT2D eigenvalue weighted by atomic mass is 16.6. The summed E-state index contributed by atoms with van der Waals surface area (Å²) in [5.74, 6) is -1.83. The molecule has 2 atom stereocenters. The second kappa shape index (κ2) is 35.8. The molecule has 2 unspecified atom stereocenters. The predicted octanol–water partition coefficient (Wildman–Crippen LogP) is 9.46. The molecule has 0 spiro atoms. The van der Waals surface area contributed by atoms with Crippen LogP contribution in [0, 0.1) is 0 Å². The molecule has 0 fully saturated rings. The summed E-state index contributed by atoms with van der Waals surface area (Å²) < 4.78 is 17.0. The first-order valence-electron chi connectivity index (χ1n) is 20.5. The average Bonchev–Trinajstić information content (AvgIpc) is 3.11. The molecule has 0 radical (unpaired) electrons. The quantitative estimate of drug-likeness (QED) is 0.0276. The van der Waals surface area contributed by atoms with E-state index in [1.165, 1.54) is 25.7 Å². The van der Waals surface area contributed by atoms with E-state index in [0.29, 0.717) is 12.8 Å². The van der Waals surface area contributed by atoms with E-state index in [9.17, 15) is 19.5 Å². The fourth-order valence-electron chi connectivity index (χ4n) is 5.39. The second-order valence-electron chi connectivity index (χ2n) is 14.5. The van der Waals surface area contributed by atoms with Gasteiger partial charge in [0.1, 0.15) is 12.6 Å². The van der Waals surface area contributed by atoms with E-state index in [2.05, 4.69) is 86.8 Å². The molecule has 0 aliphatic rings. The van der Waals surface area contributed by atoms with Crippen molar-refractivity contribution in [2.24, 2.45) is 0 Å². The number of carboxylic acid groups (broad SMARTS) is 1. The molecule has 0 bridgehead atoms. The predicted molar refractivity (Wildman–Crippen MR) is 217 cm³/mol. The Morgan fingerprint density at radius 1 is 0.585 bits per heavy atom. The topological polar surface area (TPSA) is 102 Å². The van der Waals surface area contributed by atoms with Gasteiger partial charge in [-0.15, -0.1) is 0 Å². The van der Waals surface area contributed by atoms with Crippen LogP contribution in [0.25, 0.3) is 0 Å². The van der Waals surface area contributed by atoms with Gasteiger partial charge in [-0.05, 0) is 77.0 Å². The average molecular weight is 742 g/mol. The van der Waals surface area contributed by atoms with Gasteiger partial charge in [0.15, 0.2) is 6.10 Å². The summed E-state index contributed by atoms with van der Waals surface area (Å²) in [6, 6.07) is -0.737. The maximum atomic E-state index is 12.7. The zero-order valence-electron chi connectivity index (χ0n) is 34.2.